The fraction of sp³-hybridized carbons (Fsp3) is 0.417. The molecule has 0 aliphatic carbocycles. The van der Waals surface area contributed by atoms with E-state index in [0.717, 1.165) is 37.4 Å². The van der Waals surface area contributed by atoms with Gasteiger partial charge in [-0.05, 0) is 57.0 Å². The third-order valence-corrected chi connectivity index (χ3v) is 4.95. The van der Waals surface area contributed by atoms with Crippen LogP contribution in [0.1, 0.15) is 49.9 Å². The van der Waals surface area contributed by atoms with Gasteiger partial charge in [-0.3, -0.25) is 9.59 Å². The average Bonchev–Trinajstić information content (AvgIpc) is 3.01. The molecule has 0 aromatic heterocycles. The van der Waals surface area contributed by atoms with Gasteiger partial charge >= 0.3 is 0 Å². The molecule has 0 radical (unpaired) electrons. The molecule has 160 valence electrons. The number of amides is 2. The molecule has 1 aliphatic heterocycles. The summed E-state index contributed by atoms with van der Waals surface area (Å²) in [5.41, 5.74) is 2.09. The number of nitrogens with one attached hydrogen (secondary N) is 2. The molecule has 1 saturated heterocycles. The van der Waals surface area contributed by atoms with Crippen LogP contribution in [0.4, 0.5) is 11.4 Å². The number of carbonyl (C=O) groups is 2. The average molecular weight is 410 g/mol. The van der Waals surface area contributed by atoms with E-state index < -0.39 is 0 Å². The maximum absolute atomic E-state index is 12.8. The van der Waals surface area contributed by atoms with E-state index in [1.165, 1.54) is 12.8 Å². The summed E-state index contributed by atoms with van der Waals surface area (Å²) in [5.74, 6) is 0.614. The third-order valence-electron chi connectivity index (χ3n) is 4.95. The lowest BCUT2D eigenvalue weighted by atomic mass is 10.1. The first-order valence-electron chi connectivity index (χ1n) is 10.7. The Kier molecular flexibility index (Phi) is 7.71. The number of hydrogen-bond donors (Lipinski definition) is 2. The smallest absolute Gasteiger partial charge is 0.253 e. The number of benzene rings is 2. The highest BCUT2D eigenvalue weighted by Crippen LogP contribution is 2.19. The quantitative estimate of drug-likeness (QED) is 0.704. The SMILES string of the molecule is CC(C)Oc1cccc(NC(=O)CNc2cccc(C(=O)N3CCCCCC3)c2)c1. The number of nitrogens with zero attached hydrogens (tertiary/aromatic N) is 1. The second-order valence-corrected chi connectivity index (χ2v) is 7.88. The summed E-state index contributed by atoms with van der Waals surface area (Å²) in [5, 5.41) is 5.97. The van der Waals surface area contributed by atoms with Crippen molar-refractivity contribution < 1.29 is 14.3 Å². The summed E-state index contributed by atoms with van der Waals surface area (Å²) in [6.07, 6.45) is 4.57. The Morgan fingerprint density at radius 1 is 0.967 bits per heavy atom. The van der Waals surface area contributed by atoms with Crippen LogP contribution in [0.15, 0.2) is 48.5 Å². The molecular formula is C24H31N3O3. The second-order valence-electron chi connectivity index (χ2n) is 7.88. The van der Waals surface area contributed by atoms with Gasteiger partial charge in [-0.25, -0.2) is 0 Å². The molecule has 30 heavy (non-hydrogen) atoms. The van der Waals surface area contributed by atoms with E-state index in [1.807, 2.05) is 61.2 Å². The van der Waals surface area contributed by atoms with Crippen LogP contribution in [0, 0.1) is 0 Å². The molecule has 0 saturated carbocycles. The zero-order chi connectivity index (χ0) is 21.3. The van der Waals surface area contributed by atoms with Gasteiger partial charge in [-0.15, -0.1) is 0 Å². The number of rotatable bonds is 7. The van der Waals surface area contributed by atoms with Crippen LogP contribution >= 0.6 is 0 Å². The fourth-order valence-corrected chi connectivity index (χ4v) is 3.53. The first kappa shape index (κ1) is 21.7. The number of likely N-dealkylation sites (tertiary alicyclic amines) is 1. The van der Waals surface area contributed by atoms with Crippen LogP contribution in [-0.4, -0.2) is 42.5 Å². The van der Waals surface area contributed by atoms with Crippen LogP contribution < -0.4 is 15.4 Å². The van der Waals surface area contributed by atoms with Crippen LogP contribution in [0.3, 0.4) is 0 Å². The maximum Gasteiger partial charge on any atom is 0.253 e. The van der Waals surface area contributed by atoms with Gasteiger partial charge < -0.3 is 20.3 Å². The van der Waals surface area contributed by atoms with Crippen LogP contribution in [0.5, 0.6) is 5.75 Å². The highest BCUT2D eigenvalue weighted by atomic mass is 16.5. The lowest BCUT2D eigenvalue weighted by molar-refractivity contribution is -0.114. The Labute approximate surface area is 178 Å². The second kappa shape index (κ2) is 10.7. The summed E-state index contributed by atoms with van der Waals surface area (Å²) in [4.78, 5) is 27.1. The van der Waals surface area contributed by atoms with Crippen LogP contribution in [0.2, 0.25) is 0 Å². The molecule has 1 fully saturated rings. The van der Waals surface area contributed by atoms with Crippen molar-refractivity contribution in [3.63, 3.8) is 0 Å². The highest BCUT2D eigenvalue weighted by Gasteiger charge is 2.17. The first-order chi connectivity index (χ1) is 14.5. The predicted octanol–water partition coefficient (Wildman–Crippen LogP) is 4.54. The van der Waals surface area contributed by atoms with E-state index in [2.05, 4.69) is 10.6 Å². The van der Waals surface area contributed by atoms with Crippen molar-refractivity contribution in [3.05, 3.63) is 54.1 Å². The molecule has 1 aliphatic rings. The molecular weight excluding hydrogens is 378 g/mol. The van der Waals surface area contributed by atoms with Crippen molar-refractivity contribution in [2.75, 3.05) is 30.3 Å². The van der Waals surface area contributed by atoms with Crippen molar-refractivity contribution in [1.82, 2.24) is 4.90 Å². The molecule has 0 bridgehead atoms. The van der Waals surface area contributed by atoms with Crippen molar-refractivity contribution in [2.24, 2.45) is 0 Å². The molecule has 6 nitrogen and oxygen atoms in total. The Bertz CT molecular complexity index is 858. The minimum Gasteiger partial charge on any atom is -0.491 e. The summed E-state index contributed by atoms with van der Waals surface area (Å²) in [6.45, 7) is 5.66. The molecule has 2 amide bonds. The normalized spacial score (nSPS) is 14.2. The molecule has 6 heteroatoms. The van der Waals surface area contributed by atoms with Gasteiger partial charge in [0.05, 0.1) is 12.6 Å². The predicted molar refractivity (Wildman–Crippen MR) is 120 cm³/mol. The summed E-state index contributed by atoms with van der Waals surface area (Å²) < 4.78 is 5.66. The zero-order valence-corrected chi connectivity index (χ0v) is 17.8. The third kappa shape index (κ3) is 6.51. The molecule has 1 heterocycles. The van der Waals surface area contributed by atoms with Crippen molar-refractivity contribution in [2.45, 2.75) is 45.6 Å². The number of ether oxygens (including phenoxy) is 1. The summed E-state index contributed by atoms with van der Waals surface area (Å²) in [6, 6.07) is 14.7. The van der Waals surface area contributed by atoms with Crippen molar-refractivity contribution in [1.29, 1.82) is 0 Å². The lowest BCUT2D eigenvalue weighted by Gasteiger charge is -2.20. The van der Waals surface area contributed by atoms with Crippen molar-refractivity contribution >= 4 is 23.2 Å². The standard InChI is InChI=1S/C24H31N3O3/c1-18(2)30-22-12-8-11-21(16-22)26-23(28)17-25-20-10-7-9-19(15-20)24(29)27-13-5-3-4-6-14-27/h7-12,15-16,18,25H,3-6,13-14,17H2,1-2H3,(H,26,28). The molecule has 2 aromatic carbocycles. The van der Waals surface area contributed by atoms with Gasteiger partial charge in [0.15, 0.2) is 0 Å². The molecule has 3 rings (SSSR count). The van der Waals surface area contributed by atoms with Gasteiger partial charge in [-0.1, -0.05) is 25.0 Å². The van der Waals surface area contributed by atoms with Gasteiger partial charge in [0, 0.05) is 36.1 Å². The summed E-state index contributed by atoms with van der Waals surface area (Å²) >= 11 is 0. The monoisotopic (exact) mass is 409 g/mol. The Morgan fingerprint density at radius 2 is 1.67 bits per heavy atom. The topological polar surface area (TPSA) is 70.7 Å². The van der Waals surface area contributed by atoms with E-state index in [1.54, 1.807) is 6.07 Å². The molecule has 0 atom stereocenters. The summed E-state index contributed by atoms with van der Waals surface area (Å²) in [7, 11) is 0. The number of anilines is 2. The van der Waals surface area contributed by atoms with E-state index in [4.69, 9.17) is 4.74 Å². The van der Waals surface area contributed by atoms with E-state index >= 15 is 0 Å². The molecule has 2 aromatic rings. The Hall–Kier alpha value is -3.02. The first-order valence-corrected chi connectivity index (χ1v) is 10.7. The van der Waals surface area contributed by atoms with Crippen molar-refractivity contribution in [3.8, 4) is 5.75 Å². The number of carbonyl (C=O) groups excluding carboxylic acids is 2. The Balaban J connectivity index is 1.55. The zero-order valence-electron chi connectivity index (χ0n) is 17.8. The minimum atomic E-state index is -0.166. The minimum absolute atomic E-state index is 0.0620. The molecule has 0 unspecified atom stereocenters. The van der Waals surface area contributed by atoms with Gasteiger partial charge in [0.25, 0.3) is 5.91 Å². The maximum atomic E-state index is 12.8. The van der Waals surface area contributed by atoms with Crippen LogP contribution in [-0.2, 0) is 4.79 Å². The van der Waals surface area contributed by atoms with Gasteiger partial charge in [0.2, 0.25) is 5.91 Å². The lowest BCUT2D eigenvalue weighted by Crippen LogP contribution is -2.31. The van der Waals surface area contributed by atoms with E-state index in [0.29, 0.717) is 11.3 Å². The molecule has 0 spiro atoms. The Morgan fingerprint density at radius 3 is 2.40 bits per heavy atom. The van der Waals surface area contributed by atoms with Gasteiger partial charge in [-0.2, -0.15) is 0 Å². The highest BCUT2D eigenvalue weighted by molar-refractivity contribution is 5.96. The van der Waals surface area contributed by atoms with E-state index in [9.17, 15) is 9.59 Å². The number of hydrogen-bond acceptors (Lipinski definition) is 4. The fourth-order valence-electron chi connectivity index (χ4n) is 3.53. The van der Waals surface area contributed by atoms with E-state index in [-0.39, 0.29) is 24.5 Å². The largest absolute Gasteiger partial charge is 0.491 e. The van der Waals surface area contributed by atoms with Gasteiger partial charge in [0.1, 0.15) is 5.75 Å². The molecule has 2 N–H and O–H groups in total. The van der Waals surface area contributed by atoms with Crippen LogP contribution in [0.25, 0.3) is 0 Å².